The van der Waals surface area contributed by atoms with E-state index in [1.54, 1.807) is 72.8 Å². The lowest BCUT2D eigenvalue weighted by molar-refractivity contribution is 0.542. The molecule has 0 aliphatic carbocycles. The maximum atomic E-state index is 16.5. The third kappa shape index (κ3) is 5.12. The molecule has 0 atom stereocenters. The summed E-state index contributed by atoms with van der Waals surface area (Å²) in [5, 5.41) is 2.67. The molecule has 7 heteroatoms. The Morgan fingerprint density at radius 3 is 0.535 bits per heavy atom. The van der Waals surface area contributed by atoms with Gasteiger partial charge in [-0.05, 0) is 72.8 Å². The van der Waals surface area contributed by atoms with Crippen molar-refractivity contribution in [1.29, 1.82) is 0 Å². The first kappa shape index (κ1) is 29.1. The molecule has 0 fully saturated rings. The molecule has 0 radical (unpaired) electrons. The van der Waals surface area contributed by atoms with E-state index in [9.17, 15) is 0 Å². The van der Waals surface area contributed by atoms with E-state index in [2.05, 4.69) is 0 Å². The van der Waals surface area contributed by atoms with Crippen LogP contribution >= 0.6 is 21.9 Å². The smallest absolute Gasteiger partial charge is 0.219 e. The second-order valence-electron chi connectivity index (χ2n) is 10.0. The van der Waals surface area contributed by atoms with Crippen LogP contribution in [0.15, 0.2) is 182 Å². The molecule has 0 bridgehead atoms. The summed E-state index contributed by atoms with van der Waals surface area (Å²) in [6.45, 7) is 0. The van der Waals surface area contributed by atoms with Gasteiger partial charge in [-0.25, -0.2) is 0 Å². The zero-order chi connectivity index (χ0) is 29.8. The highest BCUT2D eigenvalue weighted by Gasteiger charge is 2.57. The van der Waals surface area contributed by atoms with Crippen molar-refractivity contribution >= 4 is 53.7 Å². The van der Waals surface area contributed by atoms with Gasteiger partial charge in [0.15, 0.2) is 0 Å². The molecule has 0 unspecified atom stereocenters. The maximum Gasteiger partial charge on any atom is 0.219 e. The molecular formula is C36H30NO3P3. The van der Waals surface area contributed by atoms with Crippen LogP contribution in [0.4, 0.5) is 0 Å². The molecule has 6 aromatic rings. The minimum absolute atomic E-state index is 0.445. The van der Waals surface area contributed by atoms with E-state index in [0.29, 0.717) is 31.8 Å². The first-order valence-electron chi connectivity index (χ1n) is 14.0. The summed E-state index contributed by atoms with van der Waals surface area (Å²) in [4.78, 5) is 0. The minimum Gasteiger partial charge on any atom is -0.295 e. The second kappa shape index (κ2) is 12.3. The van der Waals surface area contributed by atoms with E-state index in [1.807, 2.05) is 109 Å². The molecule has 6 aromatic carbocycles. The molecule has 0 saturated carbocycles. The van der Waals surface area contributed by atoms with Crippen LogP contribution in [0.3, 0.4) is 0 Å². The molecule has 0 heterocycles. The molecular weight excluding hydrogens is 587 g/mol. The molecule has 0 saturated heterocycles. The van der Waals surface area contributed by atoms with Crippen molar-refractivity contribution in [3.05, 3.63) is 182 Å². The van der Waals surface area contributed by atoms with Gasteiger partial charge in [0.25, 0.3) is 0 Å². The quantitative estimate of drug-likeness (QED) is 0.163. The molecule has 4 nitrogen and oxygen atoms in total. The summed E-state index contributed by atoms with van der Waals surface area (Å²) in [6, 6.07) is 54.2. The Labute approximate surface area is 253 Å². The van der Waals surface area contributed by atoms with Gasteiger partial charge in [0, 0.05) is 31.8 Å². The third-order valence-corrected chi connectivity index (χ3v) is 19.4. The maximum absolute atomic E-state index is 16.5. The average Bonchev–Trinajstić information content (AvgIpc) is 3.10. The van der Waals surface area contributed by atoms with Crippen molar-refractivity contribution in [1.82, 2.24) is 4.21 Å². The lowest BCUT2D eigenvalue weighted by Gasteiger charge is -2.43. The molecule has 43 heavy (non-hydrogen) atoms. The summed E-state index contributed by atoms with van der Waals surface area (Å²) in [6.07, 6.45) is 0. The van der Waals surface area contributed by atoms with Crippen molar-refractivity contribution < 1.29 is 13.7 Å². The van der Waals surface area contributed by atoms with Crippen molar-refractivity contribution in [3.63, 3.8) is 0 Å². The Kier molecular flexibility index (Phi) is 8.31. The van der Waals surface area contributed by atoms with Crippen LogP contribution in [0.1, 0.15) is 0 Å². The monoisotopic (exact) mass is 617 g/mol. The van der Waals surface area contributed by atoms with E-state index in [-0.39, 0.29) is 0 Å². The Hall–Kier alpha value is -4.03. The first-order chi connectivity index (χ1) is 21.0. The molecule has 0 amide bonds. The Bertz CT molecular complexity index is 1580. The van der Waals surface area contributed by atoms with Gasteiger partial charge in [0.05, 0.1) is 0 Å². The lowest BCUT2D eigenvalue weighted by Crippen LogP contribution is -2.40. The van der Waals surface area contributed by atoms with Crippen LogP contribution in [0.25, 0.3) is 0 Å². The van der Waals surface area contributed by atoms with Gasteiger partial charge < -0.3 is 0 Å². The second-order valence-corrected chi connectivity index (χ2v) is 18.7. The van der Waals surface area contributed by atoms with Gasteiger partial charge in [-0.15, -0.1) is 4.21 Å². The lowest BCUT2D eigenvalue weighted by atomic mass is 10.4. The first-order valence-corrected chi connectivity index (χ1v) is 18.9. The van der Waals surface area contributed by atoms with Crippen LogP contribution < -0.4 is 31.8 Å². The molecule has 0 aromatic heterocycles. The van der Waals surface area contributed by atoms with E-state index < -0.39 is 21.9 Å². The fourth-order valence-corrected chi connectivity index (χ4v) is 18.9. The fourth-order valence-electron chi connectivity index (χ4n) is 5.38. The molecule has 6 rings (SSSR count). The summed E-state index contributed by atoms with van der Waals surface area (Å²) < 4.78 is 50.9. The van der Waals surface area contributed by atoms with E-state index in [0.717, 1.165) is 0 Å². The molecule has 0 aliphatic rings. The van der Waals surface area contributed by atoms with Gasteiger partial charge in [-0.3, -0.25) is 13.7 Å². The van der Waals surface area contributed by atoms with Crippen molar-refractivity contribution in [2.75, 3.05) is 0 Å². The van der Waals surface area contributed by atoms with Crippen LogP contribution in [0, 0.1) is 0 Å². The SMILES string of the molecule is O=P(c1ccccc1)(c1ccccc1)N(P(=O)(c1ccccc1)c1ccccc1)P(=O)(c1ccccc1)c1ccccc1. The highest BCUT2D eigenvalue weighted by atomic mass is 31.3. The van der Waals surface area contributed by atoms with Crippen molar-refractivity contribution in [2.24, 2.45) is 0 Å². The molecule has 212 valence electrons. The topological polar surface area (TPSA) is 54.5 Å². The Morgan fingerprint density at radius 2 is 0.395 bits per heavy atom. The predicted molar refractivity (Wildman–Crippen MR) is 181 cm³/mol. The number of hydrogen-bond donors (Lipinski definition) is 0. The van der Waals surface area contributed by atoms with Gasteiger partial charge in [0.2, 0.25) is 21.9 Å². The minimum atomic E-state index is -4.13. The predicted octanol–water partition coefficient (Wildman–Crippen LogP) is 7.08. The van der Waals surface area contributed by atoms with Crippen LogP contribution in [0.2, 0.25) is 0 Å². The third-order valence-electron chi connectivity index (χ3n) is 7.39. The van der Waals surface area contributed by atoms with Crippen LogP contribution in [-0.2, 0) is 13.7 Å². The van der Waals surface area contributed by atoms with Gasteiger partial charge in [0.1, 0.15) is 0 Å². The van der Waals surface area contributed by atoms with E-state index in [1.165, 1.54) is 4.21 Å². The van der Waals surface area contributed by atoms with E-state index in [4.69, 9.17) is 0 Å². The summed E-state index contributed by atoms with van der Waals surface area (Å²) in [5.41, 5.74) is 0. The van der Waals surface area contributed by atoms with Gasteiger partial charge in [-0.1, -0.05) is 109 Å². The number of rotatable bonds is 9. The average molecular weight is 618 g/mol. The number of hydrogen-bond acceptors (Lipinski definition) is 3. The van der Waals surface area contributed by atoms with Crippen molar-refractivity contribution in [3.8, 4) is 0 Å². The molecule has 0 spiro atoms. The highest BCUT2D eigenvalue weighted by molar-refractivity contribution is 8.02. The van der Waals surface area contributed by atoms with Crippen molar-refractivity contribution in [2.45, 2.75) is 0 Å². The fraction of sp³-hybridized carbons (Fsp3) is 0. The highest BCUT2D eigenvalue weighted by Crippen LogP contribution is 2.76. The van der Waals surface area contributed by atoms with Gasteiger partial charge >= 0.3 is 0 Å². The summed E-state index contributed by atoms with van der Waals surface area (Å²) in [7, 11) is -12.4. The van der Waals surface area contributed by atoms with Crippen LogP contribution in [0.5, 0.6) is 0 Å². The molecule has 0 aliphatic heterocycles. The summed E-state index contributed by atoms with van der Waals surface area (Å²) >= 11 is 0. The van der Waals surface area contributed by atoms with E-state index >= 15 is 13.7 Å². The van der Waals surface area contributed by atoms with Crippen LogP contribution in [-0.4, -0.2) is 4.21 Å². The zero-order valence-corrected chi connectivity index (χ0v) is 26.0. The normalized spacial score (nSPS) is 12.2. The summed E-state index contributed by atoms with van der Waals surface area (Å²) in [5.74, 6) is 0. The largest absolute Gasteiger partial charge is 0.295 e. The standard InChI is InChI=1S/C36H30NO3P3/c38-41(31-19-7-1-8-20-31,32-21-9-2-10-22-32)37(42(39,33-23-11-3-12-24-33)34-25-13-4-14-26-34)43(40,35-27-15-5-16-28-35)36-29-17-6-18-30-36/h1-30H. The number of benzene rings is 6. The molecule has 0 N–H and O–H groups in total. The Balaban J connectivity index is 1.86. The Morgan fingerprint density at radius 1 is 0.256 bits per heavy atom. The number of nitrogens with zero attached hydrogens (tertiary/aromatic N) is 1. The zero-order valence-electron chi connectivity index (χ0n) is 23.3. The van der Waals surface area contributed by atoms with Gasteiger partial charge in [-0.2, -0.15) is 0 Å².